The van der Waals surface area contributed by atoms with E-state index >= 15 is 0 Å². The van der Waals surface area contributed by atoms with Crippen LogP contribution in [0.5, 0.6) is 0 Å². The van der Waals surface area contributed by atoms with Crippen LogP contribution in [0, 0.1) is 0 Å². The van der Waals surface area contributed by atoms with E-state index in [2.05, 4.69) is 0 Å². The number of rotatable bonds is 5. The van der Waals surface area contributed by atoms with E-state index in [0.717, 1.165) is 5.56 Å². The first-order chi connectivity index (χ1) is 13.3. The number of carbonyl (C=O) groups excluding carboxylic acids is 1. The molecule has 2 atom stereocenters. The zero-order chi connectivity index (χ0) is 20.1. The smallest absolute Gasteiger partial charge is 0.236 e. The number of ether oxygens (including phenoxy) is 1. The Bertz CT molecular complexity index is 779. The molecule has 154 valence electrons. The number of hydrogen-bond acceptors (Lipinski definition) is 5. The second-order valence-electron chi connectivity index (χ2n) is 7.49. The predicted molar refractivity (Wildman–Crippen MR) is 109 cm³/mol. The van der Waals surface area contributed by atoms with Gasteiger partial charge in [0.2, 0.25) is 15.9 Å². The van der Waals surface area contributed by atoms with Gasteiger partial charge in [0.15, 0.2) is 0 Å². The zero-order valence-corrected chi connectivity index (χ0v) is 17.3. The topological polar surface area (TPSA) is 70.2 Å². The van der Waals surface area contributed by atoms with Crippen LogP contribution in [0.3, 0.4) is 0 Å². The molecule has 2 saturated heterocycles. The monoisotopic (exact) mass is 407 g/mol. The first-order valence-electron chi connectivity index (χ1n) is 9.72. The molecule has 3 rings (SSSR count). The quantitative estimate of drug-likeness (QED) is 0.735. The maximum absolute atomic E-state index is 12.6. The summed E-state index contributed by atoms with van der Waals surface area (Å²) >= 11 is 0. The summed E-state index contributed by atoms with van der Waals surface area (Å²) < 4.78 is 32.2. The lowest BCUT2D eigenvalue weighted by atomic mass is 10.2. The van der Waals surface area contributed by atoms with Gasteiger partial charge in [0.1, 0.15) is 0 Å². The largest absolute Gasteiger partial charge is 0.372 e. The van der Waals surface area contributed by atoms with E-state index in [1.165, 1.54) is 9.71 Å². The Labute approximate surface area is 167 Å². The van der Waals surface area contributed by atoms with Gasteiger partial charge in [-0.1, -0.05) is 30.3 Å². The van der Waals surface area contributed by atoms with E-state index in [0.29, 0.717) is 45.8 Å². The summed E-state index contributed by atoms with van der Waals surface area (Å²) in [5, 5.41) is 1.26. The molecule has 2 aliphatic rings. The van der Waals surface area contributed by atoms with Gasteiger partial charge in [-0.15, -0.1) is 0 Å². The average Bonchev–Trinajstić information content (AvgIpc) is 2.67. The van der Waals surface area contributed by atoms with Gasteiger partial charge in [-0.3, -0.25) is 9.69 Å². The summed E-state index contributed by atoms with van der Waals surface area (Å²) in [4.78, 5) is 16.5. The maximum Gasteiger partial charge on any atom is 0.236 e. The third-order valence-corrected chi connectivity index (χ3v) is 6.62. The Hall–Kier alpha value is -1.74. The van der Waals surface area contributed by atoms with Crippen molar-refractivity contribution >= 4 is 22.0 Å². The molecule has 8 heteroatoms. The molecule has 0 radical (unpaired) electrons. The van der Waals surface area contributed by atoms with E-state index in [4.69, 9.17) is 4.74 Å². The van der Waals surface area contributed by atoms with Crippen LogP contribution in [0.4, 0.5) is 0 Å². The van der Waals surface area contributed by atoms with Crippen molar-refractivity contribution in [2.75, 3.05) is 45.8 Å². The number of benzene rings is 1. The molecule has 1 amide bonds. The van der Waals surface area contributed by atoms with Crippen molar-refractivity contribution in [3.8, 4) is 0 Å². The van der Waals surface area contributed by atoms with E-state index < -0.39 is 10.0 Å². The first-order valence-corrected chi connectivity index (χ1v) is 11.2. The number of carbonyl (C=O) groups is 1. The zero-order valence-electron chi connectivity index (χ0n) is 16.5. The van der Waals surface area contributed by atoms with Crippen molar-refractivity contribution in [1.29, 1.82) is 0 Å². The summed E-state index contributed by atoms with van der Waals surface area (Å²) in [7, 11) is -3.45. The molecule has 2 heterocycles. The second-order valence-corrected chi connectivity index (χ2v) is 9.31. The fourth-order valence-corrected chi connectivity index (χ4v) is 4.80. The Morgan fingerprint density at radius 1 is 1.07 bits per heavy atom. The molecule has 0 spiro atoms. The van der Waals surface area contributed by atoms with E-state index in [9.17, 15) is 13.2 Å². The first kappa shape index (κ1) is 21.0. The highest BCUT2D eigenvalue weighted by Crippen LogP contribution is 2.14. The Balaban J connectivity index is 1.50. The molecule has 0 bridgehead atoms. The Kier molecular flexibility index (Phi) is 6.87. The van der Waals surface area contributed by atoms with Crippen LogP contribution in [0.25, 0.3) is 6.08 Å². The van der Waals surface area contributed by atoms with Gasteiger partial charge in [0, 0.05) is 44.7 Å². The number of amides is 1. The molecule has 2 fully saturated rings. The van der Waals surface area contributed by atoms with Crippen LogP contribution in [-0.2, 0) is 19.6 Å². The van der Waals surface area contributed by atoms with Gasteiger partial charge in [-0.25, -0.2) is 8.42 Å². The van der Waals surface area contributed by atoms with Crippen molar-refractivity contribution in [3.05, 3.63) is 41.3 Å². The van der Waals surface area contributed by atoms with E-state index in [1.54, 1.807) is 6.08 Å². The minimum Gasteiger partial charge on any atom is -0.372 e. The SMILES string of the molecule is C[C@@H]1CN(C(=O)CN2CCN(S(=O)(=O)/C=C/c3ccccc3)CC2)C[C@H](C)O1. The normalized spacial score (nSPS) is 25.3. The molecule has 1 aromatic rings. The minimum absolute atomic E-state index is 0.0473. The number of nitrogens with zero attached hydrogens (tertiary/aromatic N) is 3. The molecule has 2 aliphatic heterocycles. The molecule has 28 heavy (non-hydrogen) atoms. The number of hydrogen-bond donors (Lipinski definition) is 0. The van der Waals surface area contributed by atoms with Gasteiger partial charge < -0.3 is 9.64 Å². The standard InChI is InChI=1S/C20H29N3O4S/c1-17-14-22(15-18(2)27-17)20(24)16-21-9-11-23(12-10-21)28(25,26)13-8-19-6-4-3-5-7-19/h3-8,13,17-18H,9-12,14-16H2,1-2H3/b13-8+/t17-,18+. The number of sulfonamides is 1. The summed E-state index contributed by atoms with van der Waals surface area (Å²) in [6, 6.07) is 9.37. The number of piperazine rings is 1. The maximum atomic E-state index is 12.6. The molecule has 0 aromatic heterocycles. The minimum atomic E-state index is -3.45. The summed E-state index contributed by atoms with van der Waals surface area (Å²) in [5.74, 6) is 0.0854. The van der Waals surface area contributed by atoms with Gasteiger partial charge in [-0.2, -0.15) is 4.31 Å². The summed E-state index contributed by atoms with van der Waals surface area (Å²) in [5.41, 5.74) is 0.851. The highest BCUT2D eigenvalue weighted by atomic mass is 32.2. The average molecular weight is 408 g/mol. The molecule has 0 aliphatic carbocycles. The predicted octanol–water partition coefficient (Wildman–Crippen LogP) is 1.24. The molecule has 0 unspecified atom stereocenters. The van der Waals surface area contributed by atoms with Crippen molar-refractivity contribution in [1.82, 2.24) is 14.1 Å². The van der Waals surface area contributed by atoms with Gasteiger partial charge in [-0.05, 0) is 25.5 Å². The van der Waals surface area contributed by atoms with Crippen LogP contribution >= 0.6 is 0 Å². The number of morpholine rings is 1. The van der Waals surface area contributed by atoms with Gasteiger partial charge >= 0.3 is 0 Å². The van der Waals surface area contributed by atoms with Crippen molar-refractivity contribution in [2.45, 2.75) is 26.1 Å². The summed E-state index contributed by atoms with van der Waals surface area (Å²) in [6.07, 6.45) is 1.71. The van der Waals surface area contributed by atoms with Crippen molar-refractivity contribution in [3.63, 3.8) is 0 Å². The van der Waals surface area contributed by atoms with E-state index in [-0.39, 0.29) is 18.1 Å². The van der Waals surface area contributed by atoms with Crippen LogP contribution in [0.2, 0.25) is 0 Å². The molecule has 7 nitrogen and oxygen atoms in total. The Morgan fingerprint density at radius 2 is 1.68 bits per heavy atom. The van der Waals surface area contributed by atoms with Gasteiger partial charge in [0.25, 0.3) is 0 Å². The highest BCUT2D eigenvalue weighted by Gasteiger charge is 2.29. The van der Waals surface area contributed by atoms with Gasteiger partial charge in [0.05, 0.1) is 18.8 Å². The second kappa shape index (κ2) is 9.17. The Morgan fingerprint density at radius 3 is 2.29 bits per heavy atom. The fraction of sp³-hybridized carbons (Fsp3) is 0.550. The lowest BCUT2D eigenvalue weighted by Crippen LogP contribution is -2.54. The molecular formula is C20H29N3O4S. The molecular weight excluding hydrogens is 378 g/mol. The van der Waals surface area contributed by atoms with E-state index in [1.807, 2.05) is 54.0 Å². The van der Waals surface area contributed by atoms with Crippen LogP contribution < -0.4 is 0 Å². The fourth-order valence-electron chi connectivity index (χ4n) is 3.63. The molecule has 1 aromatic carbocycles. The van der Waals surface area contributed by atoms with Crippen molar-refractivity contribution in [2.24, 2.45) is 0 Å². The third kappa shape index (κ3) is 5.64. The lowest BCUT2D eigenvalue weighted by molar-refractivity contribution is -0.144. The summed E-state index contributed by atoms with van der Waals surface area (Å²) in [6.45, 7) is 7.40. The van der Waals surface area contributed by atoms with Crippen LogP contribution in [0.15, 0.2) is 35.7 Å². The van der Waals surface area contributed by atoms with Crippen molar-refractivity contribution < 1.29 is 17.9 Å². The third-order valence-electron chi connectivity index (χ3n) is 5.05. The lowest BCUT2D eigenvalue weighted by Gasteiger charge is -2.38. The van der Waals surface area contributed by atoms with Crippen LogP contribution in [0.1, 0.15) is 19.4 Å². The molecule has 0 N–H and O–H groups in total. The highest BCUT2D eigenvalue weighted by molar-refractivity contribution is 7.92. The van der Waals surface area contributed by atoms with Crippen LogP contribution in [-0.4, -0.2) is 86.5 Å². The molecule has 0 saturated carbocycles.